The molecule has 0 bridgehead atoms. The van der Waals surface area contributed by atoms with Gasteiger partial charge in [-0.15, -0.1) is 11.3 Å². The summed E-state index contributed by atoms with van der Waals surface area (Å²) in [5, 5.41) is 2.08. The molecule has 4 heteroatoms. The first-order chi connectivity index (χ1) is 9.62. The zero-order chi connectivity index (χ0) is 14.6. The highest BCUT2D eigenvalue weighted by Gasteiger charge is 2.36. The summed E-state index contributed by atoms with van der Waals surface area (Å²) in [6.07, 6.45) is 0.868. The zero-order valence-corrected chi connectivity index (χ0v) is 13.2. The van der Waals surface area contributed by atoms with Gasteiger partial charge in [-0.3, -0.25) is 4.90 Å². The fraction of sp³-hybridized carbons (Fsp3) is 0.375. The van der Waals surface area contributed by atoms with E-state index in [2.05, 4.69) is 29.3 Å². The Balaban J connectivity index is 2.32. The maximum absolute atomic E-state index is 6.34. The molecular weight excluding hydrogens is 270 g/mol. The second-order valence-corrected chi connectivity index (χ2v) is 5.73. The molecule has 0 amide bonds. The van der Waals surface area contributed by atoms with E-state index in [1.54, 1.807) is 18.4 Å². The minimum Gasteiger partial charge on any atom is -0.497 e. The van der Waals surface area contributed by atoms with Gasteiger partial charge in [-0.2, -0.15) is 0 Å². The molecule has 0 N–H and O–H groups in total. The fourth-order valence-electron chi connectivity index (χ4n) is 2.26. The standard InChI is InChI=1S/C16H21NO2S/c1-5-16(17(2)3,15-7-6-12-20-15)19-14-10-8-13(18-4)9-11-14/h6-12H,5H2,1-4H3. The normalized spacial score (nSPS) is 14.1. The highest BCUT2D eigenvalue weighted by atomic mass is 32.1. The fourth-order valence-corrected chi connectivity index (χ4v) is 3.28. The summed E-state index contributed by atoms with van der Waals surface area (Å²) >= 11 is 1.72. The minimum atomic E-state index is -0.428. The molecule has 0 saturated carbocycles. The maximum Gasteiger partial charge on any atom is 0.198 e. The van der Waals surface area contributed by atoms with Crippen LogP contribution in [0.15, 0.2) is 41.8 Å². The molecule has 108 valence electrons. The van der Waals surface area contributed by atoms with Gasteiger partial charge in [0, 0.05) is 6.42 Å². The van der Waals surface area contributed by atoms with E-state index in [0.717, 1.165) is 17.9 Å². The van der Waals surface area contributed by atoms with Crippen LogP contribution in [0, 0.1) is 0 Å². The first-order valence-corrected chi connectivity index (χ1v) is 7.55. The maximum atomic E-state index is 6.34. The Labute approximate surface area is 124 Å². The molecule has 2 aromatic rings. The highest BCUT2D eigenvalue weighted by molar-refractivity contribution is 7.10. The second kappa shape index (κ2) is 6.29. The molecule has 0 aliphatic rings. The molecule has 0 spiro atoms. The molecule has 0 saturated heterocycles. The first-order valence-electron chi connectivity index (χ1n) is 6.67. The number of ether oxygens (including phenoxy) is 2. The lowest BCUT2D eigenvalue weighted by atomic mass is 10.1. The van der Waals surface area contributed by atoms with Crippen molar-refractivity contribution in [3.05, 3.63) is 46.7 Å². The summed E-state index contributed by atoms with van der Waals surface area (Å²) in [5.41, 5.74) is -0.428. The average molecular weight is 291 g/mol. The van der Waals surface area contributed by atoms with Crippen molar-refractivity contribution in [3.8, 4) is 11.5 Å². The van der Waals surface area contributed by atoms with E-state index in [1.807, 2.05) is 38.4 Å². The molecule has 0 fully saturated rings. The van der Waals surface area contributed by atoms with Crippen LogP contribution in [-0.2, 0) is 5.72 Å². The molecule has 0 radical (unpaired) electrons. The van der Waals surface area contributed by atoms with Crippen molar-refractivity contribution in [2.75, 3.05) is 21.2 Å². The molecule has 20 heavy (non-hydrogen) atoms. The number of benzene rings is 1. The van der Waals surface area contributed by atoms with Gasteiger partial charge in [-0.1, -0.05) is 13.0 Å². The van der Waals surface area contributed by atoms with Crippen LogP contribution in [0.5, 0.6) is 11.5 Å². The van der Waals surface area contributed by atoms with Gasteiger partial charge >= 0.3 is 0 Å². The van der Waals surface area contributed by atoms with Gasteiger partial charge in [-0.05, 0) is 49.8 Å². The Morgan fingerprint density at radius 2 is 1.75 bits per heavy atom. The predicted molar refractivity (Wildman–Crippen MR) is 83.6 cm³/mol. The van der Waals surface area contributed by atoms with Crippen LogP contribution in [0.4, 0.5) is 0 Å². The lowest BCUT2D eigenvalue weighted by molar-refractivity contribution is -0.0643. The number of thiophene rings is 1. The van der Waals surface area contributed by atoms with Crippen LogP contribution < -0.4 is 9.47 Å². The van der Waals surface area contributed by atoms with Crippen molar-refractivity contribution in [2.45, 2.75) is 19.1 Å². The first kappa shape index (κ1) is 14.9. The second-order valence-electron chi connectivity index (χ2n) is 4.79. The van der Waals surface area contributed by atoms with Crippen molar-refractivity contribution < 1.29 is 9.47 Å². The third-order valence-electron chi connectivity index (χ3n) is 3.45. The third kappa shape index (κ3) is 2.81. The van der Waals surface area contributed by atoms with Crippen LogP contribution in [0.2, 0.25) is 0 Å². The number of hydrogen-bond donors (Lipinski definition) is 0. The number of rotatable bonds is 6. The van der Waals surface area contributed by atoms with Gasteiger partial charge < -0.3 is 9.47 Å². The van der Waals surface area contributed by atoms with Gasteiger partial charge in [-0.25, -0.2) is 0 Å². The molecule has 1 heterocycles. The van der Waals surface area contributed by atoms with E-state index < -0.39 is 5.72 Å². The quantitative estimate of drug-likeness (QED) is 0.752. The summed E-state index contributed by atoms with van der Waals surface area (Å²) in [5.74, 6) is 1.68. The molecule has 2 rings (SSSR count). The third-order valence-corrected chi connectivity index (χ3v) is 4.46. The molecule has 1 aromatic heterocycles. The Bertz CT molecular complexity index is 522. The average Bonchev–Trinajstić information content (AvgIpc) is 2.99. The van der Waals surface area contributed by atoms with Gasteiger partial charge in [0.25, 0.3) is 0 Å². The minimum absolute atomic E-state index is 0.428. The van der Waals surface area contributed by atoms with E-state index in [-0.39, 0.29) is 0 Å². The van der Waals surface area contributed by atoms with Crippen molar-refractivity contribution in [1.29, 1.82) is 0 Å². The Kier molecular flexibility index (Phi) is 4.68. The molecule has 0 aliphatic carbocycles. The molecule has 1 atom stereocenters. The molecule has 1 aromatic carbocycles. The Morgan fingerprint density at radius 3 is 2.20 bits per heavy atom. The SMILES string of the molecule is CCC(Oc1ccc(OC)cc1)(c1cccs1)N(C)C. The summed E-state index contributed by atoms with van der Waals surface area (Å²) in [6.45, 7) is 2.14. The van der Waals surface area contributed by atoms with Gasteiger partial charge in [0.2, 0.25) is 0 Å². The van der Waals surface area contributed by atoms with E-state index in [4.69, 9.17) is 9.47 Å². The largest absolute Gasteiger partial charge is 0.497 e. The molecule has 3 nitrogen and oxygen atoms in total. The van der Waals surface area contributed by atoms with Crippen molar-refractivity contribution in [1.82, 2.24) is 4.90 Å². The lowest BCUT2D eigenvalue weighted by Crippen LogP contribution is -2.45. The van der Waals surface area contributed by atoms with Crippen LogP contribution in [0.25, 0.3) is 0 Å². The van der Waals surface area contributed by atoms with Crippen LogP contribution in [-0.4, -0.2) is 26.1 Å². The lowest BCUT2D eigenvalue weighted by Gasteiger charge is -2.38. The van der Waals surface area contributed by atoms with Crippen LogP contribution in [0.1, 0.15) is 18.2 Å². The Hall–Kier alpha value is -1.52. The predicted octanol–water partition coefficient (Wildman–Crippen LogP) is 3.96. The van der Waals surface area contributed by atoms with E-state index in [0.29, 0.717) is 0 Å². The monoisotopic (exact) mass is 291 g/mol. The molecular formula is C16H21NO2S. The van der Waals surface area contributed by atoms with E-state index in [1.165, 1.54) is 4.88 Å². The van der Waals surface area contributed by atoms with Crippen molar-refractivity contribution >= 4 is 11.3 Å². The van der Waals surface area contributed by atoms with Crippen LogP contribution >= 0.6 is 11.3 Å². The summed E-state index contributed by atoms with van der Waals surface area (Å²) in [6, 6.07) is 11.9. The molecule has 1 unspecified atom stereocenters. The smallest absolute Gasteiger partial charge is 0.198 e. The number of nitrogens with zero attached hydrogens (tertiary/aromatic N) is 1. The van der Waals surface area contributed by atoms with Crippen molar-refractivity contribution in [3.63, 3.8) is 0 Å². The summed E-state index contributed by atoms with van der Waals surface area (Å²) in [4.78, 5) is 3.34. The van der Waals surface area contributed by atoms with Gasteiger partial charge in [0.15, 0.2) is 5.72 Å². The summed E-state index contributed by atoms with van der Waals surface area (Å²) < 4.78 is 11.5. The Morgan fingerprint density at radius 1 is 1.10 bits per heavy atom. The number of methoxy groups -OCH3 is 1. The van der Waals surface area contributed by atoms with Gasteiger partial charge in [0.05, 0.1) is 12.0 Å². The number of hydrogen-bond acceptors (Lipinski definition) is 4. The topological polar surface area (TPSA) is 21.7 Å². The zero-order valence-electron chi connectivity index (χ0n) is 12.4. The summed E-state index contributed by atoms with van der Waals surface area (Å²) in [7, 11) is 5.76. The van der Waals surface area contributed by atoms with Crippen molar-refractivity contribution in [2.24, 2.45) is 0 Å². The van der Waals surface area contributed by atoms with E-state index in [9.17, 15) is 0 Å². The molecule has 0 aliphatic heterocycles. The van der Waals surface area contributed by atoms with Gasteiger partial charge in [0.1, 0.15) is 11.5 Å². The van der Waals surface area contributed by atoms with Crippen LogP contribution in [0.3, 0.4) is 0 Å². The van der Waals surface area contributed by atoms with E-state index >= 15 is 0 Å². The highest BCUT2D eigenvalue weighted by Crippen LogP contribution is 2.36.